The largest absolute Gasteiger partial charge is 0.352 e. The molecule has 0 aliphatic carbocycles. The van der Waals surface area contributed by atoms with Crippen LogP contribution in [0, 0.1) is 0 Å². The molecule has 0 bridgehead atoms. The third-order valence-corrected chi connectivity index (χ3v) is 3.88. The maximum Gasteiger partial charge on any atom is 0.128 e. The Morgan fingerprint density at radius 2 is 2.19 bits per heavy atom. The monoisotopic (exact) mass is 252 g/mol. The maximum absolute atomic E-state index is 5.82. The van der Waals surface area contributed by atoms with Crippen LogP contribution in [0.25, 0.3) is 0 Å². The summed E-state index contributed by atoms with van der Waals surface area (Å²) < 4.78 is 0. The molecule has 0 aliphatic heterocycles. The van der Waals surface area contributed by atoms with E-state index in [9.17, 15) is 0 Å². The summed E-state index contributed by atoms with van der Waals surface area (Å²) in [6.07, 6.45) is 1.68. The lowest BCUT2D eigenvalue weighted by atomic mass is 10.2. The van der Waals surface area contributed by atoms with E-state index >= 15 is 0 Å². The summed E-state index contributed by atoms with van der Waals surface area (Å²) in [7, 11) is 2.04. The quantitative estimate of drug-likeness (QED) is 0.821. The lowest BCUT2D eigenvalue weighted by molar-refractivity contribution is 0.742. The molecule has 0 aliphatic rings. The third kappa shape index (κ3) is 2.36. The standard InChI is InChI=1S/C12H13ClN2S/c1-9(11-4-3-7-16-11)15(2)12-6-5-10(13)8-14-12/h3-9H,1-2H3. The van der Waals surface area contributed by atoms with E-state index in [2.05, 4.69) is 34.3 Å². The molecule has 1 unspecified atom stereocenters. The number of halogens is 1. The van der Waals surface area contributed by atoms with Gasteiger partial charge in [-0.05, 0) is 30.5 Å². The van der Waals surface area contributed by atoms with Gasteiger partial charge in [0.15, 0.2) is 0 Å². The van der Waals surface area contributed by atoms with Gasteiger partial charge in [0, 0.05) is 18.1 Å². The van der Waals surface area contributed by atoms with Crippen molar-refractivity contribution in [3.63, 3.8) is 0 Å². The van der Waals surface area contributed by atoms with Crippen LogP contribution in [0.2, 0.25) is 5.02 Å². The lowest BCUT2D eigenvalue weighted by Crippen LogP contribution is -2.21. The summed E-state index contributed by atoms with van der Waals surface area (Å²) in [5, 5.41) is 2.76. The Kier molecular flexibility index (Phi) is 3.46. The highest BCUT2D eigenvalue weighted by Crippen LogP contribution is 2.27. The number of hydrogen-bond donors (Lipinski definition) is 0. The minimum Gasteiger partial charge on any atom is -0.352 e. The highest BCUT2D eigenvalue weighted by Gasteiger charge is 2.13. The van der Waals surface area contributed by atoms with Gasteiger partial charge in [0.25, 0.3) is 0 Å². The molecule has 1 atom stereocenters. The van der Waals surface area contributed by atoms with E-state index in [4.69, 9.17) is 11.6 Å². The molecule has 2 aromatic rings. The van der Waals surface area contributed by atoms with Gasteiger partial charge in [0.1, 0.15) is 5.82 Å². The summed E-state index contributed by atoms with van der Waals surface area (Å²) in [6.45, 7) is 2.17. The van der Waals surface area contributed by atoms with Gasteiger partial charge < -0.3 is 4.90 Å². The first-order valence-electron chi connectivity index (χ1n) is 5.06. The number of hydrogen-bond acceptors (Lipinski definition) is 3. The van der Waals surface area contributed by atoms with E-state index in [0.29, 0.717) is 11.1 Å². The average Bonchev–Trinajstić information content (AvgIpc) is 2.81. The summed E-state index contributed by atoms with van der Waals surface area (Å²) >= 11 is 7.58. The van der Waals surface area contributed by atoms with E-state index in [-0.39, 0.29) is 0 Å². The summed E-state index contributed by atoms with van der Waals surface area (Å²) in [5.74, 6) is 0.935. The Labute approximate surface area is 105 Å². The number of thiophene rings is 1. The maximum atomic E-state index is 5.82. The van der Waals surface area contributed by atoms with Crippen molar-refractivity contribution in [3.05, 3.63) is 45.7 Å². The first kappa shape index (κ1) is 11.4. The second kappa shape index (κ2) is 4.85. The third-order valence-electron chi connectivity index (χ3n) is 2.61. The zero-order valence-corrected chi connectivity index (χ0v) is 10.8. The van der Waals surface area contributed by atoms with Crippen LogP contribution >= 0.6 is 22.9 Å². The minimum absolute atomic E-state index is 0.327. The van der Waals surface area contributed by atoms with Crippen molar-refractivity contribution in [1.82, 2.24) is 4.98 Å². The van der Waals surface area contributed by atoms with Gasteiger partial charge in [0.2, 0.25) is 0 Å². The smallest absolute Gasteiger partial charge is 0.128 e. The molecule has 16 heavy (non-hydrogen) atoms. The predicted octanol–water partition coefficient (Wildman–Crippen LogP) is 3.99. The number of nitrogens with zero attached hydrogens (tertiary/aromatic N) is 2. The number of rotatable bonds is 3. The Morgan fingerprint density at radius 1 is 1.38 bits per heavy atom. The Balaban J connectivity index is 2.19. The number of anilines is 1. The molecular weight excluding hydrogens is 240 g/mol. The van der Waals surface area contributed by atoms with Crippen LogP contribution in [0.15, 0.2) is 35.8 Å². The van der Waals surface area contributed by atoms with Gasteiger partial charge in [-0.3, -0.25) is 0 Å². The fraction of sp³-hybridized carbons (Fsp3) is 0.250. The molecule has 0 aromatic carbocycles. The Hall–Kier alpha value is -1.06. The van der Waals surface area contributed by atoms with E-state index < -0.39 is 0 Å². The van der Waals surface area contributed by atoms with Crippen molar-refractivity contribution in [2.24, 2.45) is 0 Å². The van der Waals surface area contributed by atoms with Crippen molar-refractivity contribution in [1.29, 1.82) is 0 Å². The highest BCUT2D eigenvalue weighted by atomic mass is 35.5. The van der Waals surface area contributed by atoms with Crippen LogP contribution in [-0.4, -0.2) is 12.0 Å². The van der Waals surface area contributed by atoms with Crippen LogP contribution in [0.1, 0.15) is 17.8 Å². The van der Waals surface area contributed by atoms with Gasteiger partial charge >= 0.3 is 0 Å². The molecule has 0 fully saturated rings. The summed E-state index contributed by atoms with van der Waals surface area (Å²) in [4.78, 5) is 7.78. The van der Waals surface area contributed by atoms with Gasteiger partial charge in [-0.25, -0.2) is 4.98 Å². The first-order valence-corrected chi connectivity index (χ1v) is 6.32. The molecule has 0 saturated carbocycles. The summed E-state index contributed by atoms with van der Waals surface area (Å²) in [5.41, 5.74) is 0. The van der Waals surface area contributed by atoms with Gasteiger partial charge in [-0.2, -0.15) is 0 Å². The molecule has 84 valence electrons. The highest BCUT2D eigenvalue weighted by molar-refractivity contribution is 7.10. The normalized spacial score (nSPS) is 12.4. The molecule has 2 nitrogen and oxygen atoms in total. The van der Waals surface area contributed by atoms with Gasteiger partial charge in [0.05, 0.1) is 11.1 Å². The van der Waals surface area contributed by atoms with Crippen LogP contribution in [0.3, 0.4) is 0 Å². The van der Waals surface area contributed by atoms with Crippen LogP contribution in [-0.2, 0) is 0 Å². The molecule has 0 spiro atoms. The molecule has 4 heteroatoms. The molecule has 0 radical (unpaired) electrons. The van der Waals surface area contributed by atoms with Crippen LogP contribution < -0.4 is 4.90 Å². The Morgan fingerprint density at radius 3 is 2.75 bits per heavy atom. The average molecular weight is 253 g/mol. The zero-order chi connectivity index (χ0) is 11.5. The molecule has 2 heterocycles. The second-order valence-corrected chi connectivity index (χ2v) is 5.05. The molecule has 0 amide bonds. The van der Waals surface area contributed by atoms with E-state index in [0.717, 1.165) is 5.82 Å². The van der Waals surface area contributed by atoms with Crippen molar-refractivity contribution >= 4 is 28.8 Å². The van der Waals surface area contributed by atoms with Gasteiger partial charge in [-0.15, -0.1) is 11.3 Å². The molecular formula is C12H13ClN2S. The van der Waals surface area contributed by atoms with Crippen molar-refractivity contribution in [2.75, 3.05) is 11.9 Å². The lowest BCUT2D eigenvalue weighted by Gasteiger charge is -2.25. The fourth-order valence-corrected chi connectivity index (χ4v) is 2.43. The predicted molar refractivity (Wildman–Crippen MR) is 70.4 cm³/mol. The molecule has 2 aromatic heterocycles. The topological polar surface area (TPSA) is 16.1 Å². The van der Waals surface area contributed by atoms with E-state index in [1.165, 1.54) is 4.88 Å². The van der Waals surface area contributed by atoms with E-state index in [1.54, 1.807) is 17.5 Å². The van der Waals surface area contributed by atoms with E-state index in [1.807, 2.05) is 19.2 Å². The van der Waals surface area contributed by atoms with Crippen LogP contribution in [0.5, 0.6) is 0 Å². The SMILES string of the molecule is CC(c1cccs1)N(C)c1ccc(Cl)cn1. The minimum atomic E-state index is 0.327. The number of aromatic nitrogens is 1. The molecule has 0 saturated heterocycles. The summed E-state index contributed by atoms with van der Waals surface area (Å²) in [6, 6.07) is 8.34. The van der Waals surface area contributed by atoms with Crippen molar-refractivity contribution in [2.45, 2.75) is 13.0 Å². The zero-order valence-electron chi connectivity index (χ0n) is 9.22. The fourth-order valence-electron chi connectivity index (χ4n) is 1.49. The first-order chi connectivity index (χ1) is 7.68. The second-order valence-electron chi connectivity index (χ2n) is 3.64. The molecule has 0 N–H and O–H groups in total. The van der Waals surface area contributed by atoms with Crippen LogP contribution in [0.4, 0.5) is 5.82 Å². The Bertz CT molecular complexity index is 439. The molecule has 2 rings (SSSR count). The van der Waals surface area contributed by atoms with Gasteiger partial charge in [-0.1, -0.05) is 17.7 Å². The number of pyridine rings is 1. The van der Waals surface area contributed by atoms with Crippen molar-refractivity contribution < 1.29 is 0 Å². The van der Waals surface area contributed by atoms with Crippen molar-refractivity contribution in [3.8, 4) is 0 Å².